The topological polar surface area (TPSA) is 98.5 Å². The van der Waals surface area contributed by atoms with Gasteiger partial charge in [0, 0.05) is 64.3 Å². The highest BCUT2D eigenvalue weighted by Crippen LogP contribution is 2.41. The van der Waals surface area contributed by atoms with Gasteiger partial charge in [-0.25, -0.2) is 8.78 Å². The second kappa shape index (κ2) is 12.1. The molecule has 0 saturated carbocycles. The number of rotatable bonds is 7. The molecule has 0 bridgehead atoms. The lowest BCUT2D eigenvalue weighted by Gasteiger charge is -2.41. The lowest BCUT2D eigenvalue weighted by atomic mass is 9.95. The predicted molar refractivity (Wildman–Crippen MR) is 172 cm³/mol. The highest BCUT2D eigenvalue weighted by Gasteiger charge is 2.45. The summed E-state index contributed by atoms with van der Waals surface area (Å²) in [5.41, 5.74) is 0.804. The number of benzene rings is 2. The van der Waals surface area contributed by atoms with Gasteiger partial charge >= 0.3 is 6.01 Å². The Bertz CT molecular complexity index is 1900. The molecule has 0 unspecified atom stereocenters. The molecule has 3 saturated heterocycles. The van der Waals surface area contributed by atoms with E-state index < -0.39 is 23.6 Å². The van der Waals surface area contributed by atoms with Crippen LogP contribution in [0.1, 0.15) is 32.1 Å². The van der Waals surface area contributed by atoms with Crippen molar-refractivity contribution in [3.8, 4) is 23.2 Å². The average Bonchev–Trinajstić information content (AvgIpc) is 3.64. The van der Waals surface area contributed by atoms with Crippen LogP contribution in [0.3, 0.4) is 0 Å². The Kier molecular flexibility index (Phi) is 7.95. The van der Waals surface area contributed by atoms with Gasteiger partial charge in [-0.15, -0.1) is 0 Å². The summed E-state index contributed by atoms with van der Waals surface area (Å²) in [6, 6.07) is 10.4. The number of nitrogens with zero attached hydrogens (tertiary/aromatic N) is 7. The van der Waals surface area contributed by atoms with Crippen LogP contribution in [-0.4, -0.2) is 81.6 Å². The molecule has 1 amide bonds. The summed E-state index contributed by atoms with van der Waals surface area (Å²) in [5.74, 6) is -2.07. The van der Waals surface area contributed by atoms with Gasteiger partial charge in [0.1, 0.15) is 17.9 Å². The molecule has 0 aliphatic carbocycles. The van der Waals surface area contributed by atoms with Crippen molar-refractivity contribution in [2.75, 3.05) is 44.2 Å². The number of halogens is 3. The van der Waals surface area contributed by atoms with E-state index in [1.807, 2.05) is 17.0 Å². The maximum atomic E-state index is 16.8. The number of nitriles is 1. The van der Waals surface area contributed by atoms with Crippen molar-refractivity contribution in [1.82, 2.24) is 24.8 Å². The van der Waals surface area contributed by atoms with Crippen molar-refractivity contribution in [3.63, 3.8) is 0 Å². The summed E-state index contributed by atoms with van der Waals surface area (Å²) < 4.78 is 36.9. The zero-order chi connectivity index (χ0) is 32.0. The number of anilines is 1. The molecule has 2 aromatic heterocycles. The van der Waals surface area contributed by atoms with Crippen LogP contribution in [0, 0.1) is 17.1 Å². The molecule has 3 fully saturated rings. The molecule has 2 aromatic carbocycles. The van der Waals surface area contributed by atoms with E-state index in [1.54, 1.807) is 30.6 Å². The number of carbonyl (C=O) groups is 1. The molecule has 1 atom stereocenters. The van der Waals surface area contributed by atoms with E-state index in [-0.39, 0.29) is 48.7 Å². The van der Waals surface area contributed by atoms with Gasteiger partial charge in [0.05, 0.1) is 24.1 Å². The first-order valence-corrected chi connectivity index (χ1v) is 15.9. The summed E-state index contributed by atoms with van der Waals surface area (Å²) in [7, 11) is 0. The molecule has 46 heavy (non-hydrogen) atoms. The van der Waals surface area contributed by atoms with Gasteiger partial charge < -0.3 is 14.5 Å². The van der Waals surface area contributed by atoms with Crippen molar-refractivity contribution in [3.05, 3.63) is 66.0 Å². The quantitative estimate of drug-likeness (QED) is 0.224. The van der Waals surface area contributed by atoms with Crippen molar-refractivity contribution in [2.24, 2.45) is 0 Å². The molecular weight excluding hydrogens is 612 g/mol. The van der Waals surface area contributed by atoms with Crippen molar-refractivity contribution in [2.45, 2.75) is 43.7 Å². The van der Waals surface area contributed by atoms with Gasteiger partial charge in [0.2, 0.25) is 0 Å². The number of hydrogen-bond acceptors (Lipinski definition) is 8. The second-order valence-corrected chi connectivity index (χ2v) is 12.7. The summed E-state index contributed by atoms with van der Waals surface area (Å²) in [6.45, 7) is 6.19. The van der Waals surface area contributed by atoms with Crippen molar-refractivity contribution in [1.29, 1.82) is 5.26 Å². The Hall–Kier alpha value is -4.40. The third kappa shape index (κ3) is 5.19. The third-order valence-corrected chi connectivity index (χ3v) is 9.99. The molecule has 0 spiro atoms. The van der Waals surface area contributed by atoms with Gasteiger partial charge in [-0.1, -0.05) is 36.4 Å². The number of fused-ring (bicyclic) bond motifs is 3. The smallest absolute Gasteiger partial charge is 0.319 e. The molecule has 12 heteroatoms. The summed E-state index contributed by atoms with van der Waals surface area (Å²) >= 11 is 6.59. The van der Waals surface area contributed by atoms with Crippen LogP contribution in [0.5, 0.6) is 6.01 Å². The Balaban J connectivity index is 1.33. The number of amides is 1. The van der Waals surface area contributed by atoms with E-state index in [2.05, 4.69) is 27.5 Å². The minimum atomic E-state index is -1.08. The highest BCUT2D eigenvalue weighted by atomic mass is 35.5. The monoisotopic (exact) mass is 643 g/mol. The summed E-state index contributed by atoms with van der Waals surface area (Å²) in [6.07, 6.45) is 7.49. The number of pyridine rings is 1. The molecule has 7 rings (SSSR count). The zero-order valence-electron chi connectivity index (χ0n) is 25.2. The van der Waals surface area contributed by atoms with E-state index in [9.17, 15) is 14.4 Å². The van der Waals surface area contributed by atoms with Gasteiger partial charge in [-0.2, -0.15) is 15.2 Å². The molecule has 4 aromatic rings. The summed E-state index contributed by atoms with van der Waals surface area (Å²) in [4.78, 5) is 32.0. The number of ether oxygens (including phenoxy) is 1. The molecule has 3 aliphatic rings. The molecule has 5 heterocycles. The predicted octanol–water partition coefficient (Wildman–Crippen LogP) is 6.06. The van der Waals surface area contributed by atoms with E-state index in [4.69, 9.17) is 21.3 Å². The normalized spacial score (nSPS) is 19.4. The molecule has 3 aliphatic heterocycles. The Labute approximate surface area is 270 Å². The van der Waals surface area contributed by atoms with Crippen molar-refractivity contribution >= 4 is 45.0 Å². The van der Waals surface area contributed by atoms with Crippen LogP contribution in [-0.2, 0) is 4.79 Å². The van der Waals surface area contributed by atoms with Crippen molar-refractivity contribution < 1.29 is 18.3 Å². The van der Waals surface area contributed by atoms with Gasteiger partial charge in [0.25, 0.3) is 5.91 Å². The largest absolute Gasteiger partial charge is 0.461 e. The fraction of sp³-hybridized carbons (Fsp3) is 0.382. The van der Waals surface area contributed by atoms with Crippen LogP contribution in [0.4, 0.5) is 14.6 Å². The van der Waals surface area contributed by atoms with Crippen LogP contribution in [0.15, 0.2) is 55.1 Å². The van der Waals surface area contributed by atoms with Crippen LogP contribution in [0.2, 0.25) is 5.02 Å². The maximum Gasteiger partial charge on any atom is 0.319 e. The molecule has 0 N–H and O–H groups in total. The lowest BCUT2D eigenvalue weighted by molar-refractivity contribution is -0.131. The number of piperazine rings is 1. The van der Waals surface area contributed by atoms with Gasteiger partial charge in [0.15, 0.2) is 11.6 Å². The van der Waals surface area contributed by atoms with Crippen LogP contribution in [0.25, 0.3) is 32.8 Å². The third-order valence-electron chi connectivity index (χ3n) is 9.67. The Morgan fingerprint density at radius 2 is 1.91 bits per heavy atom. The van der Waals surface area contributed by atoms with E-state index in [1.165, 1.54) is 4.90 Å². The highest BCUT2D eigenvalue weighted by molar-refractivity contribution is 6.36. The van der Waals surface area contributed by atoms with E-state index in [0.717, 1.165) is 44.2 Å². The first-order chi connectivity index (χ1) is 22.3. The molecule has 0 radical (unpaired) electrons. The number of carbonyl (C=O) groups excluding carboxylic acids is 1. The van der Waals surface area contributed by atoms with Gasteiger partial charge in [-0.05, 0) is 50.9 Å². The second-order valence-electron chi connectivity index (χ2n) is 12.3. The van der Waals surface area contributed by atoms with Crippen LogP contribution >= 0.6 is 11.6 Å². The first kappa shape index (κ1) is 30.3. The Morgan fingerprint density at radius 3 is 2.67 bits per heavy atom. The molecule has 236 valence electrons. The Morgan fingerprint density at radius 1 is 1.11 bits per heavy atom. The van der Waals surface area contributed by atoms with E-state index in [0.29, 0.717) is 33.8 Å². The molecular formula is C34H32ClF2N7O2. The minimum absolute atomic E-state index is 0.0202. The fourth-order valence-electron chi connectivity index (χ4n) is 7.44. The standard InChI is InChI=1S/C34H32ClF2N7O2/c1-21(36)32(45)44-16-15-42(19-23(44)9-12-38)31-25-8-7-24(26-18-39-17-22-5-2-6-27(35)28(22)26)29(37)30(25)40-33(41-31)46-20-34-10-3-13-43(34)14-4-11-34/h2,5-8,17-18,23H,1,3-4,9-11,13-16,19-20H2/t23-/m0/s1. The maximum absolute atomic E-state index is 16.8. The number of aromatic nitrogens is 3. The fourth-order valence-corrected chi connectivity index (χ4v) is 7.73. The molecule has 9 nitrogen and oxygen atoms in total. The number of hydrogen-bond donors (Lipinski definition) is 0. The van der Waals surface area contributed by atoms with Gasteiger partial charge in [-0.3, -0.25) is 14.7 Å². The van der Waals surface area contributed by atoms with Crippen LogP contribution < -0.4 is 9.64 Å². The minimum Gasteiger partial charge on any atom is -0.461 e. The zero-order valence-corrected chi connectivity index (χ0v) is 25.9. The lowest BCUT2D eigenvalue weighted by Crippen LogP contribution is -2.55. The van der Waals surface area contributed by atoms with E-state index >= 15 is 4.39 Å². The average molecular weight is 644 g/mol. The summed E-state index contributed by atoms with van der Waals surface area (Å²) in [5, 5.41) is 11.9. The first-order valence-electron chi connectivity index (χ1n) is 15.5. The SMILES string of the molecule is C=C(F)C(=O)N1CCN(c2nc(OCC34CCCN3CCC4)nc3c(F)c(-c4cncc5cccc(Cl)c45)ccc23)C[C@@H]1CC#N.